The molecule has 0 aromatic heterocycles. The summed E-state index contributed by atoms with van der Waals surface area (Å²) in [5.41, 5.74) is 5.33. The molecule has 0 radical (unpaired) electrons. The number of carbonyl (C=O) groups is 1. The van der Waals surface area contributed by atoms with Crippen LogP contribution in [-0.4, -0.2) is 53.6 Å². The van der Waals surface area contributed by atoms with Gasteiger partial charge in [0.15, 0.2) is 16.6 Å². The topological polar surface area (TPSA) is 54.0 Å². The van der Waals surface area contributed by atoms with Crippen molar-refractivity contribution in [2.24, 2.45) is 11.3 Å². The first-order valence-corrected chi connectivity index (χ1v) is 23.9. The van der Waals surface area contributed by atoms with Crippen LogP contribution >= 0.6 is 0 Å². The first-order valence-electron chi connectivity index (χ1n) is 18.1. The van der Waals surface area contributed by atoms with Gasteiger partial charge in [0.1, 0.15) is 12.7 Å². The molecule has 0 saturated heterocycles. The fourth-order valence-electron chi connectivity index (χ4n) is 7.24. The van der Waals surface area contributed by atoms with Crippen LogP contribution in [0.15, 0.2) is 47.1 Å². The minimum atomic E-state index is -2.01. The van der Waals surface area contributed by atoms with E-state index in [0.717, 1.165) is 63.4 Å². The fourth-order valence-corrected chi connectivity index (χ4v) is 9.91. The zero-order chi connectivity index (χ0) is 34.3. The van der Waals surface area contributed by atoms with Gasteiger partial charge in [-0.15, -0.1) is 0 Å². The maximum Gasteiger partial charge on any atom is 0.332 e. The molecule has 0 aromatic rings. The van der Waals surface area contributed by atoms with E-state index >= 15 is 0 Å². The lowest BCUT2D eigenvalue weighted by atomic mass is 9.63. The largest absolute Gasteiger partial charge is 0.461 e. The minimum absolute atomic E-state index is 0.0144. The lowest BCUT2D eigenvalue weighted by Gasteiger charge is -2.45. The predicted octanol–water partition coefficient (Wildman–Crippen LogP) is 10.6. The van der Waals surface area contributed by atoms with Crippen LogP contribution in [0.1, 0.15) is 113 Å². The molecule has 3 fully saturated rings. The highest BCUT2D eigenvalue weighted by Gasteiger charge is 2.47. The van der Waals surface area contributed by atoms with Crippen LogP contribution in [-0.2, 0) is 23.1 Å². The lowest BCUT2D eigenvalue weighted by molar-refractivity contribution is -0.159. The number of fused-ring (bicyclic) bond motifs is 1. The van der Waals surface area contributed by atoms with Crippen LogP contribution in [0.3, 0.4) is 0 Å². The quantitative estimate of drug-likeness (QED) is 0.132. The fraction of sp³-hybridized carbons (Fsp3) is 0.769. The van der Waals surface area contributed by atoms with Gasteiger partial charge in [-0.1, -0.05) is 78.8 Å². The van der Waals surface area contributed by atoms with Crippen LogP contribution in [0.5, 0.6) is 0 Å². The Kier molecular flexibility index (Phi) is 11.4. The molecule has 7 heteroatoms. The van der Waals surface area contributed by atoms with Gasteiger partial charge in [0.2, 0.25) is 0 Å². The van der Waals surface area contributed by atoms with E-state index in [1.807, 2.05) is 0 Å². The molecule has 0 amide bonds. The number of rotatable bonds is 10. The van der Waals surface area contributed by atoms with E-state index in [-0.39, 0.29) is 52.5 Å². The Balaban J connectivity index is 1.52. The van der Waals surface area contributed by atoms with Crippen molar-refractivity contribution in [2.45, 2.75) is 174 Å². The van der Waals surface area contributed by atoms with E-state index in [9.17, 15) is 4.79 Å². The third-order valence-corrected chi connectivity index (χ3v) is 21.6. The van der Waals surface area contributed by atoms with E-state index in [2.05, 4.69) is 106 Å². The number of ether oxygens (including phenoxy) is 2. The van der Waals surface area contributed by atoms with Crippen molar-refractivity contribution in [3.8, 4) is 0 Å². The Labute approximate surface area is 283 Å². The minimum Gasteiger partial charge on any atom is -0.461 e. The number of carbonyl (C=O) groups excluding carboxylic acids is 1. The number of hydrogen-bond acceptors (Lipinski definition) is 5. The van der Waals surface area contributed by atoms with Gasteiger partial charge in [0, 0.05) is 6.42 Å². The second-order valence-corrected chi connectivity index (χ2v) is 27.5. The standard InChI is InChI=1S/C39H66O5Si2/c1-27-30(24-32(43-45(10,11)37(3,4)5)25-35(27)44-46(12,13)38(6,7)8)20-19-29-16-15-23-39(9)33(21-22-34(29)39)28(2)41-26-36(40)42-31-17-14-18-31/h19-21,28,31-32,34-35H,1,14-18,22-26H2,2-13H3/t28-,32+,34-,35-,39+/m0/s1. The highest BCUT2D eigenvalue weighted by Crippen LogP contribution is 2.56. The predicted molar refractivity (Wildman–Crippen MR) is 196 cm³/mol. The molecule has 5 atom stereocenters. The molecule has 5 nitrogen and oxygen atoms in total. The Morgan fingerprint density at radius 2 is 1.63 bits per heavy atom. The highest BCUT2D eigenvalue weighted by atomic mass is 28.4. The highest BCUT2D eigenvalue weighted by molar-refractivity contribution is 6.74. The third kappa shape index (κ3) is 8.30. The molecular formula is C39H66O5Si2. The first-order chi connectivity index (χ1) is 21.1. The molecule has 0 aromatic carbocycles. The van der Waals surface area contributed by atoms with Crippen LogP contribution < -0.4 is 0 Å². The average molecular weight is 671 g/mol. The molecule has 3 saturated carbocycles. The first kappa shape index (κ1) is 37.6. The average Bonchev–Trinajstić information content (AvgIpc) is 3.26. The van der Waals surface area contributed by atoms with E-state index in [0.29, 0.717) is 5.92 Å². The number of allylic oxidation sites excluding steroid dienone is 4. The van der Waals surface area contributed by atoms with Gasteiger partial charge < -0.3 is 18.3 Å². The van der Waals surface area contributed by atoms with Crippen molar-refractivity contribution in [3.63, 3.8) is 0 Å². The van der Waals surface area contributed by atoms with E-state index in [1.165, 1.54) is 16.7 Å². The van der Waals surface area contributed by atoms with Gasteiger partial charge in [0.05, 0.1) is 18.3 Å². The molecular weight excluding hydrogens is 605 g/mol. The molecule has 4 aliphatic rings. The summed E-state index contributed by atoms with van der Waals surface area (Å²) in [5.74, 6) is 0.226. The molecule has 0 N–H and O–H groups in total. The van der Waals surface area contributed by atoms with E-state index < -0.39 is 16.6 Å². The summed E-state index contributed by atoms with van der Waals surface area (Å²) >= 11 is 0. The molecule has 0 unspecified atom stereocenters. The summed E-state index contributed by atoms with van der Waals surface area (Å²) in [4.78, 5) is 12.3. The smallest absolute Gasteiger partial charge is 0.332 e. The van der Waals surface area contributed by atoms with Gasteiger partial charge in [-0.3, -0.25) is 0 Å². The monoisotopic (exact) mass is 670 g/mol. The van der Waals surface area contributed by atoms with Crippen molar-refractivity contribution < 1.29 is 23.1 Å². The molecule has 4 rings (SSSR count). The van der Waals surface area contributed by atoms with Gasteiger partial charge in [-0.05, 0) is 123 Å². The summed E-state index contributed by atoms with van der Waals surface area (Å²) in [6, 6.07) is 0. The van der Waals surface area contributed by atoms with Crippen LogP contribution in [0.25, 0.3) is 0 Å². The normalized spacial score (nSPS) is 30.7. The van der Waals surface area contributed by atoms with Crippen molar-refractivity contribution in [3.05, 3.63) is 47.1 Å². The molecule has 46 heavy (non-hydrogen) atoms. The van der Waals surface area contributed by atoms with E-state index in [1.54, 1.807) is 0 Å². The van der Waals surface area contributed by atoms with E-state index in [4.69, 9.17) is 18.3 Å². The van der Waals surface area contributed by atoms with Gasteiger partial charge >= 0.3 is 5.97 Å². The Hall–Kier alpha value is -1.26. The lowest BCUT2D eigenvalue weighted by Crippen LogP contribution is -2.49. The molecule has 0 aliphatic heterocycles. The summed E-state index contributed by atoms with van der Waals surface area (Å²) < 4.78 is 25.8. The molecule has 0 spiro atoms. The van der Waals surface area contributed by atoms with Crippen LogP contribution in [0.2, 0.25) is 36.3 Å². The Bertz CT molecular complexity index is 1230. The van der Waals surface area contributed by atoms with Gasteiger partial charge in [-0.25, -0.2) is 4.79 Å². The number of esters is 1. The number of hydrogen-bond donors (Lipinski definition) is 0. The summed E-state index contributed by atoms with van der Waals surface area (Å²) in [6.07, 6.45) is 16.6. The maximum atomic E-state index is 12.3. The van der Waals surface area contributed by atoms with Crippen LogP contribution in [0.4, 0.5) is 0 Å². The molecule has 0 heterocycles. The molecule has 0 bridgehead atoms. The van der Waals surface area contributed by atoms with Crippen molar-refractivity contribution in [2.75, 3.05) is 6.61 Å². The zero-order valence-corrected chi connectivity index (χ0v) is 33.4. The van der Waals surface area contributed by atoms with Crippen molar-refractivity contribution >= 4 is 22.6 Å². The van der Waals surface area contributed by atoms with Crippen molar-refractivity contribution in [1.82, 2.24) is 0 Å². The summed E-state index contributed by atoms with van der Waals surface area (Å²) in [7, 11) is -3.96. The third-order valence-electron chi connectivity index (χ3n) is 12.6. The Morgan fingerprint density at radius 3 is 2.22 bits per heavy atom. The summed E-state index contributed by atoms with van der Waals surface area (Å²) in [6.45, 7) is 32.5. The van der Waals surface area contributed by atoms with Crippen molar-refractivity contribution in [1.29, 1.82) is 0 Å². The summed E-state index contributed by atoms with van der Waals surface area (Å²) in [5, 5.41) is 0.282. The Morgan fingerprint density at radius 1 is 1.00 bits per heavy atom. The van der Waals surface area contributed by atoms with Gasteiger partial charge in [0.25, 0.3) is 0 Å². The molecule has 260 valence electrons. The molecule has 4 aliphatic carbocycles. The maximum absolute atomic E-state index is 12.3. The van der Waals surface area contributed by atoms with Gasteiger partial charge in [-0.2, -0.15) is 0 Å². The second kappa shape index (κ2) is 13.9. The van der Waals surface area contributed by atoms with Crippen LogP contribution in [0, 0.1) is 11.3 Å². The zero-order valence-electron chi connectivity index (χ0n) is 31.4. The second-order valence-electron chi connectivity index (χ2n) is 18.0. The SMILES string of the molecule is C=C1C(=CC=C2CCC[C@]3(C)C([C@H](C)OCC(=O)OC4CCC4)=CC[C@@H]23)C[C@@H](O[Si](C)(C)C(C)(C)C)C[C@@H]1O[Si](C)(C)C(C)(C)C.